The highest BCUT2D eigenvalue weighted by molar-refractivity contribution is 6.04. The molecule has 0 atom stereocenters. The molecule has 0 amide bonds. The number of nitrogens with one attached hydrogen (secondary N) is 1. The number of imidazole rings is 1. The molecule has 0 aliphatic heterocycles. The SMILES string of the molecule is COc1ccc(-c2ccc3ncc4[nH]c(=O)n(-c5cn(C)nc5C)c4c3c2)cn1. The fourth-order valence-corrected chi connectivity index (χ4v) is 3.67. The fourth-order valence-electron chi connectivity index (χ4n) is 3.67. The molecule has 0 unspecified atom stereocenters. The van der Waals surface area contributed by atoms with E-state index >= 15 is 0 Å². The van der Waals surface area contributed by atoms with Gasteiger partial charge in [-0.15, -0.1) is 0 Å². The largest absolute Gasteiger partial charge is 0.481 e. The summed E-state index contributed by atoms with van der Waals surface area (Å²) in [6.45, 7) is 1.89. The summed E-state index contributed by atoms with van der Waals surface area (Å²) in [6, 6.07) is 9.75. The fraction of sp³-hybridized carbons (Fsp3) is 0.143. The van der Waals surface area contributed by atoms with E-state index in [2.05, 4.69) is 20.1 Å². The first kappa shape index (κ1) is 17.2. The number of benzene rings is 1. The zero-order valence-corrected chi connectivity index (χ0v) is 16.2. The van der Waals surface area contributed by atoms with Gasteiger partial charge in [0.2, 0.25) is 5.88 Å². The molecule has 0 fully saturated rings. The van der Waals surface area contributed by atoms with Crippen molar-refractivity contribution in [3.8, 4) is 22.7 Å². The zero-order chi connectivity index (χ0) is 20.1. The van der Waals surface area contributed by atoms with E-state index in [-0.39, 0.29) is 5.69 Å². The van der Waals surface area contributed by atoms with Crippen molar-refractivity contribution >= 4 is 21.9 Å². The van der Waals surface area contributed by atoms with Crippen LogP contribution in [0.1, 0.15) is 5.69 Å². The molecule has 29 heavy (non-hydrogen) atoms. The Morgan fingerprint density at radius 2 is 1.90 bits per heavy atom. The normalized spacial score (nSPS) is 11.4. The Morgan fingerprint density at radius 1 is 1.07 bits per heavy atom. The quantitative estimate of drug-likeness (QED) is 0.515. The van der Waals surface area contributed by atoms with Crippen molar-refractivity contribution in [2.24, 2.45) is 7.05 Å². The molecule has 8 nitrogen and oxygen atoms in total. The number of pyridine rings is 2. The molecule has 0 aliphatic carbocycles. The van der Waals surface area contributed by atoms with E-state index in [1.807, 2.05) is 50.5 Å². The van der Waals surface area contributed by atoms with E-state index in [9.17, 15) is 4.79 Å². The molecular weight excluding hydrogens is 368 g/mol. The summed E-state index contributed by atoms with van der Waals surface area (Å²) >= 11 is 0. The predicted molar refractivity (Wildman–Crippen MR) is 110 cm³/mol. The lowest BCUT2D eigenvalue weighted by atomic mass is 10.0. The van der Waals surface area contributed by atoms with E-state index in [4.69, 9.17) is 4.74 Å². The third-order valence-electron chi connectivity index (χ3n) is 5.02. The van der Waals surface area contributed by atoms with Gasteiger partial charge in [0.05, 0.1) is 41.2 Å². The van der Waals surface area contributed by atoms with Crippen LogP contribution in [0.25, 0.3) is 38.8 Å². The number of rotatable bonds is 3. The monoisotopic (exact) mass is 386 g/mol. The van der Waals surface area contributed by atoms with Gasteiger partial charge in [0.15, 0.2) is 0 Å². The number of ether oxygens (including phenoxy) is 1. The summed E-state index contributed by atoms with van der Waals surface area (Å²) in [5.41, 5.74) is 5.48. The Balaban J connectivity index is 1.81. The number of fused-ring (bicyclic) bond motifs is 3. The number of hydrogen-bond acceptors (Lipinski definition) is 5. The lowest BCUT2D eigenvalue weighted by molar-refractivity contribution is 0.398. The second-order valence-electron chi connectivity index (χ2n) is 6.88. The molecule has 0 saturated carbocycles. The molecule has 0 radical (unpaired) electrons. The first-order chi connectivity index (χ1) is 14.0. The minimum atomic E-state index is -0.220. The number of methoxy groups -OCH3 is 1. The smallest absolute Gasteiger partial charge is 0.331 e. The molecule has 5 aromatic rings. The molecule has 0 saturated heterocycles. The first-order valence-electron chi connectivity index (χ1n) is 9.09. The van der Waals surface area contributed by atoms with Crippen molar-refractivity contribution in [1.29, 1.82) is 0 Å². The predicted octanol–water partition coefficient (Wildman–Crippen LogP) is 2.98. The summed E-state index contributed by atoms with van der Waals surface area (Å²) in [6.07, 6.45) is 5.30. The van der Waals surface area contributed by atoms with Crippen LogP contribution >= 0.6 is 0 Å². The minimum absolute atomic E-state index is 0.220. The topological polar surface area (TPSA) is 90.6 Å². The Morgan fingerprint density at radius 3 is 2.59 bits per heavy atom. The van der Waals surface area contributed by atoms with Crippen LogP contribution in [0.5, 0.6) is 5.88 Å². The van der Waals surface area contributed by atoms with Gasteiger partial charge in [-0.05, 0) is 30.7 Å². The van der Waals surface area contributed by atoms with Crippen molar-refractivity contribution in [2.45, 2.75) is 6.92 Å². The maximum Gasteiger partial charge on any atom is 0.331 e. The highest BCUT2D eigenvalue weighted by Crippen LogP contribution is 2.29. The molecule has 5 rings (SSSR count). The summed E-state index contributed by atoms with van der Waals surface area (Å²) in [5, 5.41) is 5.26. The van der Waals surface area contributed by atoms with Crippen LogP contribution in [0.2, 0.25) is 0 Å². The molecular formula is C21H18N6O2. The molecule has 0 spiro atoms. The first-order valence-corrected chi connectivity index (χ1v) is 9.09. The molecule has 144 valence electrons. The van der Waals surface area contributed by atoms with Gasteiger partial charge in [-0.2, -0.15) is 5.10 Å². The van der Waals surface area contributed by atoms with Crippen LogP contribution in [0.4, 0.5) is 0 Å². The summed E-state index contributed by atoms with van der Waals surface area (Å²) in [4.78, 5) is 24.5. The Kier molecular flexibility index (Phi) is 3.73. The summed E-state index contributed by atoms with van der Waals surface area (Å²) in [5.74, 6) is 0.560. The number of aryl methyl sites for hydroxylation is 2. The van der Waals surface area contributed by atoms with E-state index < -0.39 is 0 Å². The van der Waals surface area contributed by atoms with Crippen LogP contribution in [0.15, 0.2) is 53.7 Å². The number of hydrogen-bond donors (Lipinski definition) is 1. The highest BCUT2D eigenvalue weighted by Gasteiger charge is 2.17. The van der Waals surface area contributed by atoms with Crippen LogP contribution < -0.4 is 10.4 Å². The standard InChI is InChI=1S/C21H18N6O2/c1-12-18(11-26(2)25-12)27-20-15-8-13(14-5-7-19(29-3)23-9-14)4-6-16(15)22-10-17(20)24-21(27)28/h4-11H,1-3H3,(H,24,28). The maximum atomic E-state index is 12.8. The Labute approximate surface area is 165 Å². The third kappa shape index (κ3) is 2.68. The molecule has 4 heterocycles. The van der Waals surface area contributed by atoms with E-state index in [0.717, 1.165) is 38.9 Å². The Bertz CT molecular complexity index is 1430. The average Bonchev–Trinajstić information content (AvgIpc) is 3.24. The Hall–Kier alpha value is -3.94. The van der Waals surface area contributed by atoms with Crippen LogP contribution in [0.3, 0.4) is 0 Å². The van der Waals surface area contributed by atoms with Crippen molar-refractivity contribution in [3.05, 3.63) is 65.1 Å². The van der Waals surface area contributed by atoms with Gasteiger partial charge in [-0.3, -0.25) is 14.2 Å². The lowest BCUT2D eigenvalue weighted by Crippen LogP contribution is -2.15. The van der Waals surface area contributed by atoms with Gasteiger partial charge in [-0.25, -0.2) is 9.78 Å². The van der Waals surface area contributed by atoms with E-state index in [1.54, 1.807) is 28.8 Å². The van der Waals surface area contributed by atoms with Gasteiger partial charge in [0.1, 0.15) is 0 Å². The van der Waals surface area contributed by atoms with Crippen molar-refractivity contribution in [3.63, 3.8) is 0 Å². The lowest BCUT2D eigenvalue weighted by Gasteiger charge is -2.08. The summed E-state index contributed by atoms with van der Waals surface area (Å²) < 4.78 is 8.51. The van der Waals surface area contributed by atoms with Crippen LogP contribution in [0, 0.1) is 6.92 Å². The molecule has 8 heteroatoms. The van der Waals surface area contributed by atoms with Crippen molar-refractivity contribution < 1.29 is 4.74 Å². The van der Waals surface area contributed by atoms with Gasteiger partial charge in [0, 0.05) is 36.5 Å². The highest BCUT2D eigenvalue weighted by atomic mass is 16.5. The van der Waals surface area contributed by atoms with E-state index in [1.165, 1.54) is 0 Å². The number of aromatic nitrogens is 6. The molecule has 0 bridgehead atoms. The third-order valence-corrected chi connectivity index (χ3v) is 5.02. The van der Waals surface area contributed by atoms with Crippen molar-refractivity contribution in [1.82, 2.24) is 29.3 Å². The van der Waals surface area contributed by atoms with Gasteiger partial charge in [-0.1, -0.05) is 6.07 Å². The second kappa shape index (κ2) is 6.30. The second-order valence-corrected chi connectivity index (χ2v) is 6.88. The molecule has 1 aromatic carbocycles. The maximum absolute atomic E-state index is 12.8. The molecule has 1 N–H and O–H groups in total. The zero-order valence-electron chi connectivity index (χ0n) is 16.2. The molecule has 0 aliphatic rings. The molecule has 4 aromatic heterocycles. The van der Waals surface area contributed by atoms with Gasteiger partial charge in [0.25, 0.3) is 0 Å². The number of nitrogens with zero attached hydrogens (tertiary/aromatic N) is 5. The van der Waals surface area contributed by atoms with Gasteiger partial charge < -0.3 is 9.72 Å². The number of aromatic amines is 1. The number of H-pyrrole nitrogens is 1. The average molecular weight is 386 g/mol. The van der Waals surface area contributed by atoms with Crippen LogP contribution in [-0.2, 0) is 7.05 Å². The van der Waals surface area contributed by atoms with Gasteiger partial charge >= 0.3 is 5.69 Å². The van der Waals surface area contributed by atoms with Crippen molar-refractivity contribution in [2.75, 3.05) is 7.11 Å². The summed E-state index contributed by atoms with van der Waals surface area (Å²) in [7, 11) is 3.43. The van der Waals surface area contributed by atoms with E-state index in [0.29, 0.717) is 11.4 Å². The minimum Gasteiger partial charge on any atom is -0.481 e. The van der Waals surface area contributed by atoms with Crippen LogP contribution in [-0.4, -0.2) is 36.4 Å².